The van der Waals surface area contributed by atoms with Crippen LogP contribution in [0, 0.1) is 6.92 Å². The molecule has 112 valence electrons. The number of carbonyl (C=O) groups is 1. The number of aromatic nitrogens is 2. The summed E-state index contributed by atoms with van der Waals surface area (Å²) in [7, 11) is 0. The quantitative estimate of drug-likeness (QED) is 0.882. The van der Waals surface area contributed by atoms with Gasteiger partial charge in [-0.2, -0.15) is 5.10 Å². The van der Waals surface area contributed by atoms with E-state index in [1.807, 2.05) is 44.2 Å². The van der Waals surface area contributed by atoms with Crippen LogP contribution < -0.4 is 5.32 Å². The van der Waals surface area contributed by atoms with Gasteiger partial charge in [-0.15, -0.1) is 0 Å². The Morgan fingerprint density at radius 3 is 2.62 bits per heavy atom. The fraction of sp³-hybridized carbons (Fsp3) is 0.375. The Labute approximate surface area is 124 Å². The Hall–Kier alpha value is -2.14. The molecule has 0 saturated heterocycles. The molecule has 1 atom stereocenters. The number of amides is 1. The lowest BCUT2D eigenvalue weighted by atomic mass is 9.92. The van der Waals surface area contributed by atoms with Crippen molar-refractivity contribution in [2.24, 2.45) is 0 Å². The first kappa shape index (κ1) is 15.3. The Morgan fingerprint density at radius 1 is 1.38 bits per heavy atom. The van der Waals surface area contributed by atoms with Crippen LogP contribution in [-0.2, 0) is 12.1 Å². The van der Waals surface area contributed by atoms with Crippen molar-refractivity contribution in [2.75, 3.05) is 6.61 Å². The number of aryl methyl sites for hydroxylation is 2. The van der Waals surface area contributed by atoms with Crippen LogP contribution in [0.5, 0.6) is 0 Å². The predicted molar refractivity (Wildman–Crippen MR) is 81.0 cm³/mol. The van der Waals surface area contributed by atoms with Gasteiger partial charge in [-0.1, -0.05) is 30.3 Å². The summed E-state index contributed by atoms with van der Waals surface area (Å²) in [5.41, 5.74) is 1.34. The first-order valence-corrected chi connectivity index (χ1v) is 7.03. The van der Waals surface area contributed by atoms with Crippen molar-refractivity contribution < 1.29 is 9.90 Å². The molecule has 1 amide bonds. The zero-order valence-electron chi connectivity index (χ0n) is 12.6. The van der Waals surface area contributed by atoms with E-state index in [1.165, 1.54) is 0 Å². The molecule has 1 aromatic heterocycles. The number of aliphatic hydroxyl groups is 1. The van der Waals surface area contributed by atoms with Gasteiger partial charge in [-0.3, -0.25) is 9.48 Å². The van der Waals surface area contributed by atoms with Crippen LogP contribution in [0.1, 0.15) is 35.6 Å². The van der Waals surface area contributed by atoms with E-state index >= 15 is 0 Å². The lowest BCUT2D eigenvalue weighted by Gasteiger charge is -2.29. The molecule has 21 heavy (non-hydrogen) atoms. The minimum Gasteiger partial charge on any atom is -0.394 e. The summed E-state index contributed by atoms with van der Waals surface area (Å²) in [6.45, 7) is 6.04. The molecule has 2 N–H and O–H groups in total. The zero-order valence-corrected chi connectivity index (χ0v) is 12.6. The van der Waals surface area contributed by atoms with E-state index in [0.29, 0.717) is 12.2 Å². The van der Waals surface area contributed by atoms with Crippen molar-refractivity contribution in [1.29, 1.82) is 0 Å². The molecule has 1 heterocycles. The summed E-state index contributed by atoms with van der Waals surface area (Å²) >= 11 is 0. The summed E-state index contributed by atoms with van der Waals surface area (Å²) in [4.78, 5) is 12.5. The number of hydrogen-bond donors (Lipinski definition) is 2. The number of hydrogen-bond acceptors (Lipinski definition) is 3. The molecule has 1 aromatic carbocycles. The SMILES string of the molecule is CCn1nc(C)cc1C(=O)NC(C)(CO)c1ccccc1. The van der Waals surface area contributed by atoms with E-state index in [9.17, 15) is 9.90 Å². The van der Waals surface area contributed by atoms with Crippen LogP contribution in [-0.4, -0.2) is 27.4 Å². The third-order valence-corrected chi connectivity index (χ3v) is 3.55. The second kappa shape index (κ2) is 6.10. The molecular formula is C16H21N3O2. The molecule has 0 bridgehead atoms. The van der Waals surface area contributed by atoms with Crippen LogP contribution in [0.2, 0.25) is 0 Å². The van der Waals surface area contributed by atoms with Gasteiger partial charge in [0.25, 0.3) is 5.91 Å². The largest absolute Gasteiger partial charge is 0.394 e. The molecule has 0 saturated carbocycles. The summed E-state index contributed by atoms with van der Waals surface area (Å²) in [6, 6.07) is 11.2. The van der Waals surface area contributed by atoms with E-state index in [-0.39, 0.29) is 12.5 Å². The maximum absolute atomic E-state index is 12.5. The van der Waals surface area contributed by atoms with E-state index < -0.39 is 5.54 Å². The number of benzene rings is 1. The highest BCUT2D eigenvalue weighted by molar-refractivity contribution is 5.93. The van der Waals surface area contributed by atoms with Crippen LogP contribution in [0.15, 0.2) is 36.4 Å². The number of aliphatic hydroxyl groups excluding tert-OH is 1. The monoisotopic (exact) mass is 287 g/mol. The maximum atomic E-state index is 12.5. The summed E-state index contributed by atoms with van der Waals surface area (Å²) in [5.74, 6) is -0.238. The first-order valence-electron chi connectivity index (χ1n) is 7.03. The van der Waals surface area contributed by atoms with Crippen molar-refractivity contribution in [1.82, 2.24) is 15.1 Å². The molecule has 5 heteroatoms. The van der Waals surface area contributed by atoms with Crippen LogP contribution in [0.25, 0.3) is 0 Å². The molecule has 0 radical (unpaired) electrons. The first-order chi connectivity index (χ1) is 10.00. The van der Waals surface area contributed by atoms with Gasteiger partial charge in [-0.05, 0) is 32.4 Å². The van der Waals surface area contributed by atoms with Crippen LogP contribution in [0.3, 0.4) is 0 Å². The maximum Gasteiger partial charge on any atom is 0.270 e. The van der Waals surface area contributed by atoms with E-state index in [0.717, 1.165) is 11.3 Å². The summed E-state index contributed by atoms with van der Waals surface area (Å²) in [5, 5.41) is 16.9. The van der Waals surface area contributed by atoms with Gasteiger partial charge >= 0.3 is 0 Å². The molecule has 5 nitrogen and oxygen atoms in total. The van der Waals surface area contributed by atoms with Crippen LogP contribution in [0.4, 0.5) is 0 Å². The fourth-order valence-electron chi connectivity index (χ4n) is 2.29. The van der Waals surface area contributed by atoms with Crippen molar-refractivity contribution in [2.45, 2.75) is 32.9 Å². The highest BCUT2D eigenvalue weighted by atomic mass is 16.3. The van der Waals surface area contributed by atoms with E-state index in [2.05, 4.69) is 10.4 Å². The Morgan fingerprint density at radius 2 is 2.05 bits per heavy atom. The third kappa shape index (κ3) is 3.13. The molecule has 2 aromatic rings. The minimum absolute atomic E-state index is 0.179. The summed E-state index contributed by atoms with van der Waals surface area (Å²) < 4.78 is 1.66. The lowest BCUT2D eigenvalue weighted by molar-refractivity contribution is 0.0838. The van der Waals surface area contributed by atoms with Gasteiger partial charge in [0.2, 0.25) is 0 Å². The zero-order chi connectivity index (χ0) is 15.5. The highest BCUT2D eigenvalue weighted by Gasteiger charge is 2.29. The topological polar surface area (TPSA) is 67.2 Å². The lowest BCUT2D eigenvalue weighted by Crippen LogP contribution is -2.46. The number of nitrogens with one attached hydrogen (secondary N) is 1. The molecule has 0 aliphatic rings. The Kier molecular flexibility index (Phi) is 4.43. The van der Waals surface area contributed by atoms with Gasteiger partial charge in [0.1, 0.15) is 5.69 Å². The van der Waals surface area contributed by atoms with Gasteiger partial charge in [-0.25, -0.2) is 0 Å². The van der Waals surface area contributed by atoms with Crippen molar-refractivity contribution in [3.8, 4) is 0 Å². The number of carbonyl (C=O) groups excluding carboxylic acids is 1. The normalized spacial score (nSPS) is 13.7. The second-order valence-electron chi connectivity index (χ2n) is 5.30. The van der Waals surface area contributed by atoms with Gasteiger partial charge in [0.05, 0.1) is 17.8 Å². The molecule has 0 aliphatic heterocycles. The predicted octanol–water partition coefficient (Wildman–Crippen LogP) is 1.85. The Balaban J connectivity index is 2.28. The van der Waals surface area contributed by atoms with E-state index in [4.69, 9.17) is 0 Å². The van der Waals surface area contributed by atoms with Gasteiger partial charge in [0, 0.05) is 6.54 Å². The average molecular weight is 287 g/mol. The average Bonchev–Trinajstić information content (AvgIpc) is 2.89. The van der Waals surface area contributed by atoms with Crippen molar-refractivity contribution in [3.05, 3.63) is 53.3 Å². The molecular weight excluding hydrogens is 266 g/mol. The highest BCUT2D eigenvalue weighted by Crippen LogP contribution is 2.20. The molecule has 0 fully saturated rings. The number of nitrogens with zero attached hydrogens (tertiary/aromatic N) is 2. The smallest absolute Gasteiger partial charge is 0.270 e. The molecule has 0 spiro atoms. The molecule has 0 aliphatic carbocycles. The second-order valence-corrected chi connectivity index (χ2v) is 5.30. The standard InChI is InChI=1S/C16H21N3O2/c1-4-19-14(10-12(2)18-19)15(21)17-16(3,11-20)13-8-6-5-7-9-13/h5-10,20H,4,11H2,1-3H3,(H,17,21). The van der Waals surface area contributed by atoms with Crippen LogP contribution >= 0.6 is 0 Å². The molecule has 2 rings (SSSR count). The van der Waals surface area contributed by atoms with Crippen molar-refractivity contribution >= 4 is 5.91 Å². The number of rotatable bonds is 5. The third-order valence-electron chi connectivity index (χ3n) is 3.55. The fourth-order valence-corrected chi connectivity index (χ4v) is 2.29. The minimum atomic E-state index is -0.824. The molecule has 1 unspecified atom stereocenters. The van der Waals surface area contributed by atoms with Gasteiger partial charge < -0.3 is 10.4 Å². The summed E-state index contributed by atoms with van der Waals surface area (Å²) in [6.07, 6.45) is 0. The van der Waals surface area contributed by atoms with Gasteiger partial charge in [0.15, 0.2) is 0 Å². The van der Waals surface area contributed by atoms with Crippen molar-refractivity contribution in [3.63, 3.8) is 0 Å². The van der Waals surface area contributed by atoms with E-state index in [1.54, 1.807) is 17.7 Å². The Bertz CT molecular complexity index is 622.